The summed E-state index contributed by atoms with van der Waals surface area (Å²) in [5.41, 5.74) is 1.54. The Balaban J connectivity index is 2.37. The molecule has 0 saturated carbocycles. The summed E-state index contributed by atoms with van der Waals surface area (Å²) in [5.74, 6) is -3.32. The third kappa shape index (κ3) is 2.44. The van der Waals surface area contributed by atoms with Crippen LogP contribution in [-0.2, 0) is 19.1 Å². The number of hydrogen-bond donors (Lipinski definition) is 1. The van der Waals surface area contributed by atoms with Crippen LogP contribution in [0.1, 0.15) is 17.2 Å². The highest BCUT2D eigenvalue weighted by Crippen LogP contribution is 2.37. The Labute approximate surface area is 116 Å². The molecule has 0 amide bonds. The highest BCUT2D eigenvalue weighted by atomic mass is 16.5. The van der Waals surface area contributed by atoms with Crippen molar-refractivity contribution < 1.29 is 24.2 Å². The highest BCUT2D eigenvalue weighted by molar-refractivity contribution is 5.95. The van der Waals surface area contributed by atoms with Crippen LogP contribution in [-0.4, -0.2) is 31.3 Å². The van der Waals surface area contributed by atoms with E-state index in [0.717, 1.165) is 5.56 Å². The van der Waals surface area contributed by atoms with E-state index in [1.54, 1.807) is 24.3 Å². The van der Waals surface area contributed by atoms with E-state index in [-0.39, 0.29) is 0 Å². The van der Waals surface area contributed by atoms with E-state index in [1.165, 1.54) is 14.2 Å². The van der Waals surface area contributed by atoms with Crippen LogP contribution >= 0.6 is 0 Å². The minimum absolute atomic E-state index is 0.679. The number of aliphatic hydroxyl groups is 1. The second-order valence-corrected chi connectivity index (χ2v) is 4.53. The van der Waals surface area contributed by atoms with Gasteiger partial charge in [0.25, 0.3) is 0 Å². The molecule has 0 saturated heterocycles. The average Bonchev–Trinajstić information content (AvgIpc) is 2.49. The fraction of sp³-hybridized carbons (Fsp3) is 0.333. The van der Waals surface area contributed by atoms with E-state index in [4.69, 9.17) is 0 Å². The first-order chi connectivity index (χ1) is 9.60. The van der Waals surface area contributed by atoms with Gasteiger partial charge in [-0.15, -0.1) is 0 Å². The Kier molecular flexibility index (Phi) is 4.20. The molecule has 0 aliphatic heterocycles. The minimum Gasteiger partial charge on any atom is -0.468 e. The van der Waals surface area contributed by atoms with Crippen molar-refractivity contribution in [2.75, 3.05) is 14.2 Å². The van der Waals surface area contributed by atoms with Crippen molar-refractivity contribution in [2.24, 2.45) is 11.8 Å². The van der Waals surface area contributed by atoms with Crippen molar-refractivity contribution >= 4 is 18.0 Å². The van der Waals surface area contributed by atoms with Crippen LogP contribution in [0.2, 0.25) is 0 Å². The molecule has 0 heterocycles. The summed E-state index contributed by atoms with van der Waals surface area (Å²) in [5, 5.41) is 10.4. The van der Waals surface area contributed by atoms with Crippen LogP contribution in [0.4, 0.5) is 0 Å². The first kappa shape index (κ1) is 14.3. The van der Waals surface area contributed by atoms with Gasteiger partial charge in [-0.1, -0.05) is 36.4 Å². The summed E-state index contributed by atoms with van der Waals surface area (Å²) in [6, 6.07) is 7.27. The molecular weight excluding hydrogens is 260 g/mol. The van der Waals surface area contributed by atoms with Gasteiger partial charge in [0.05, 0.1) is 20.3 Å². The van der Waals surface area contributed by atoms with Crippen LogP contribution in [0.25, 0.3) is 6.08 Å². The summed E-state index contributed by atoms with van der Waals surface area (Å²) < 4.78 is 9.28. The summed E-state index contributed by atoms with van der Waals surface area (Å²) in [7, 11) is 2.40. The van der Waals surface area contributed by atoms with Crippen molar-refractivity contribution in [2.45, 2.75) is 6.10 Å². The summed E-state index contributed by atoms with van der Waals surface area (Å²) in [6.07, 6.45) is 2.47. The summed E-state index contributed by atoms with van der Waals surface area (Å²) >= 11 is 0. The van der Waals surface area contributed by atoms with Crippen LogP contribution in [0.3, 0.4) is 0 Å². The van der Waals surface area contributed by atoms with E-state index in [2.05, 4.69) is 9.47 Å². The van der Waals surface area contributed by atoms with Crippen LogP contribution in [0.15, 0.2) is 30.3 Å². The molecule has 2 atom stereocenters. The lowest BCUT2D eigenvalue weighted by molar-refractivity contribution is -0.162. The molecule has 20 heavy (non-hydrogen) atoms. The summed E-state index contributed by atoms with van der Waals surface area (Å²) in [4.78, 5) is 23.6. The Bertz CT molecular complexity index is 533. The lowest BCUT2D eigenvalue weighted by atomic mass is 9.79. The maximum atomic E-state index is 11.8. The zero-order valence-corrected chi connectivity index (χ0v) is 11.3. The average molecular weight is 276 g/mol. The molecule has 0 fully saturated rings. The predicted octanol–water partition coefficient (Wildman–Crippen LogP) is 1.33. The molecule has 1 N–H and O–H groups in total. The smallest absolute Gasteiger partial charge is 0.320 e. The van der Waals surface area contributed by atoms with Gasteiger partial charge in [-0.05, 0) is 11.1 Å². The van der Waals surface area contributed by atoms with Crippen molar-refractivity contribution in [3.05, 3.63) is 41.5 Å². The number of ether oxygens (including phenoxy) is 2. The fourth-order valence-electron chi connectivity index (χ4n) is 2.42. The maximum absolute atomic E-state index is 11.8. The van der Waals surface area contributed by atoms with Crippen molar-refractivity contribution in [1.82, 2.24) is 0 Å². The topological polar surface area (TPSA) is 72.8 Å². The van der Waals surface area contributed by atoms with E-state index in [9.17, 15) is 14.7 Å². The summed E-state index contributed by atoms with van der Waals surface area (Å²) in [6.45, 7) is 0. The van der Waals surface area contributed by atoms with Gasteiger partial charge in [0.1, 0.15) is 0 Å². The zero-order chi connectivity index (χ0) is 14.7. The van der Waals surface area contributed by atoms with Crippen LogP contribution in [0.5, 0.6) is 0 Å². The number of rotatable bonds is 3. The molecule has 1 aliphatic carbocycles. The molecule has 5 heteroatoms. The van der Waals surface area contributed by atoms with Crippen LogP contribution in [0, 0.1) is 11.8 Å². The van der Waals surface area contributed by atoms with Gasteiger partial charge >= 0.3 is 11.9 Å². The number of carbonyl (C=O) groups excluding carboxylic acids is 2. The van der Waals surface area contributed by atoms with E-state index < -0.39 is 29.9 Å². The van der Waals surface area contributed by atoms with Gasteiger partial charge in [-0.3, -0.25) is 9.59 Å². The number of benzene rings is 1. The molecule has 0 aromatic heterocycles. The molecule has 0 unspecified atom stereocenters. The molecular formula is C15H16O5. The molecule has 2 rings (SSSR count). The second-order valence-electron chi connectivity index (χ2n) is 4.53. The Morgan fingerprint density at radius 1 is 1.15 bits per heavy atom. The normalized spacial score (nSPS) is 20.4. The monoisotopic (exact) mass is 276 g/mol. The lowest BCUT2D eigenvalue weighted by Gasteiger charge is -2.29. The predicted molar refractivity (Wildman–Crippen MR) is 71.4 cm³/mol. The van der Waals surface area contributed by atoms with Gasteiger partial charge in [0, 0.05) is 5.92 Å². The minimum atomic E-state index is -1.18. The lowest BCUT2D eigenvalue weighted by Crippen LogP contribution is -2.36. The highest BCUT2D eigenvalue weighted by Gasteiger charge is 2.41. The number of methoxy groups -OCH3 is 2. The van der Waals surface area contributed by atoms with E-state index >= 15 is 0 Å². The Morgan fingerprint density at radius 2 is 1.75 bits per heavy atom. The molecule has 1 aliphatic rings. The molecule has 106 valence electrons. The molecule has 0 radical (unpaired) electrons. The third-order valence-electron chi connectivity index (χ3n) is 3.47. The zero-order valence-electron chi connectivity index (χ0n) is 11.3. The first-order valence-electron chi connectivity index (χ1n) is 6.21. The van der Waals surface area contributed by atoms with E-state index in [1.807, 2.05) is 12.1 Å². The van der Waals surface area contributed by atoms with Gasteiger partial charge in [0.2, 0.25) is 0 Å². The van der Waals surface area contributed by atoms with E-state index in [0.29, 0.717) is 5.56 Å². The third-order valence-corrected chi connectivity index (χ3v) is 3.47. The van der Waals surface area contributed by atoms with Crippen molar-refractivity contribution in [3.8, 4) is 0 Å². The molecule has 5 nitrogen and oxygen atoms in total. The number of aliphatic hydroxyl groups excluding tert-OH is 1. The van der Waals surface area contributed by atoms with Gasteiger partial charge in [-0.2, -0.15) is 0 Å². The molecule has 0 spiro atoms. The Morgan fingerprint density at radius 3 is 2.35 bits per heavy atom. The number of hydrogen-bond acceptors (Lipinski definition) is 5. The number of esters is 2. The second kappa shape index (κ2) is 5.88. The fourth-order valence-corrected chi connectivity index (χ4v) is 2.42. The van der Waals surface area contributed by atoms with Gasteiger partial charge in [0.15, 0.2) is 5.92 Å². The van der Waals surface area contributed by atoms with Crippen LogP contribution < -0.4 is 0 Å². The van der Waals surface area contributed by atoms with Gasteiger partial charge < -0.3 is 14.6 Å². The quantitative estimate of drug-likeness (QED) is 0.666. The number of fused-ring (bicyclic) bond motifs is 1. The Hall–Kier alpha value is -2.14. The largest absolute Gasteiger partial charge is 0.468 e. The number of carbonyl (C=O) groups is 2. The maximum Gasteiger partial charge on any atom is 0.320 e. The molecule has 1 aromatic carbocycles. The van der Waals surface area contributed by atoms with Crippen molar-refractivity contribution in [3.63, 3.8) is 0 Å². The first-order valence-corrected chi connectivity index (χ1v) is 6.21. The van der Waals surface area contributed by atoms with Crippen molar-refractivity contribution in [1.29, 1.82) is 0 Å². The molecule has 0 bridgehead atoms. The SMILES string of the molecule is COC(=O)C(C(=O)OC)[C@H]1C=Cc2ccccc2[C@H]1O. The standard InChI is InChI=1S/C15H16O5/c1-19-14(17)12(15(18)20-2)11-8-7-9-5-3-4-6-10(9)13(11)16/h3-8,11-13,16H,1-2H3/t11-,13-/m1/s1. The molecule has 1 aromatic rings. The van der Waals surface area contributed by atoms with Gasteiger partial charge in [-0.25, -0.2) is 0 Å².